The van der Waals surface area contributed by atoms with Crippen LogP contribution < -0.4 is 41.4 Å². The lowest BCUT2D eigenvalue weighted by Crippen LogP contribution is -2.33. The molecule has 312 valence electrons. The summed E-state index contributed by atoms with van der Waals surface area (Å²) in [6.07, 6.45) is 12.3. The minimum absolute atomic E-state index is 0.197. The molecule has 0 amide bonds. The first kappa shape index (κ1) is 40.1. The van der Waals surface area contributed by atoms with Crippen molar-refractivity contribution in [3.05, 3.63) is 88.8 Å². The Bertz CT molecular complexity index is 2170. The van der Waals surface area contributed by atoms with Gasteiger partial charge in [-0.2, -0.15) is 0 Å². The van der Waals surface area contributed by atoms with Crippen molar-refractivity contribution in [1.82, 2.24) is 66.2 Å². The molecule has 8 rings (SSSR count). The van der Waals surface area contributed by atoms with Crippen molar-refractivity contribution in [2.24, 2.45) is 0 Å². The smallest absolute Gasteiger partial charge is 0.336 e. The van der Waals surface area contributed by atoms with Gasteiger partial charge < -0.3 is 40.2 Å². The first-order valence-corrected chi connectivity index (χ1v) is 21.0. The third-order valence-corrected chi connectivity index (χ3v) is 10.6. The summed E-state index contributed by atoms with van der Waals surface area (Å²) in [4.78, 5) is 16.4. The maximum absolute atomic E-state index is 11.7. The lowest BCUT2D eigenvalue weighted by Gasteiger charge is -2.22. The molecule has 4 N–H and O–H groups in total. The van der Waals surface area contributed by atoms with E-state index in [-0.39, 0.29) is 6.61 Å². The molecule has 2 aliphatic rings. The molecule has 0 atom stereocenters. The van der Waals surface area contributed by atoms with Gasteiger partial charge in [-0.05, 0) is 133 Å². The van der Waals surface area contributed by atoms with Crippen molar-refractivity contribution in [2.45, 2.75) is 51.7 Å². The highest BCUT2D eigenvalue weighted by atomic mass is 16.5. The van der Waals surface area contributed by atoms with Gasteiger partial charge in [-0.25, -0.2) is 18.8 Å². The molecule has 0 radical (unpaired) electrons. The molecule has 2 aliphatic heterocycles. The third-order valence-electron chi connectivity index (χ3n) is 10.6. The van der Waals surface area contributed by atoms with Gasteiger partial charge in [0, 0.05) is 43.7 Å². The van der Waals surface area contributed by atoms with Crippen molar-refractivity contribution in [3.63, 3.8) is 0 Å². The van der Waals surface area contributed by atoms with Gasteiger partial charge in [0.25, 0.3) is 0 Å². The van der Waals surface area contributed by atoms with Crippen LogP contribution in [0.15, 0.2) is 76.3 Å². The number of hydrogen-bond donors (Lipinski definition) is 4. The molecule has 2 aromatic carbocycles. The lowest BCUT2D eigenvalue weighted by molar-refractivity contribution is 0.301. The first-order valence-electron chi connectivity index (χ1n) is 21.0. The fourth-order valence-electron chi connectivity index (χ4n) is 7.46. The molecule has 6 aromatic rings. The molecule has 2 fully saturated rings. The SMILES string of the molecule is O=c1ccc2ccc(OCc3cn(Cc4cc(-n5cc(N6CCCNCCCNCCC6)nn5)cc(-n5cc(N6CCCNCCCNCCC6)nn5)c4)nn3)cc2o1. The van der Waals surface area contributed by atoms with Gasteiger partial charge in [0.05, 0.1) is 36.5 Å². The van der Waals surface area contributed by atoms with Crippen LogP contribution >= 0.6 is 0 Å². The zero-order valence-electron chi connectivity index (χ0n) is 33.6. The van der Waals surface area contributed by atoms with E-state index in [4.69, 9.17) is 9.15 Å². The lowest BCUT2D eigenvalue weighted by atomic mass is 10.1. The van der Waals surface area contributed by atoms with E-state index < -0.39 is 5.63 Å². The van der Waals surface area contributed by atoms with E-state index in [9.17, 15) is 4.79 Å². The number of anilines is 2. The first-order chi connectivity index (χ1) is 29.1. The number of nitrogens with zero attached hydrogens (tertiary/aromatic N) is 11. The van der Waals surface area contributed by atoms with Crippen LogP contribution in [-0.2, 0) is 13.2 Å². The second-order valence-corrected chi connectivity index (χ2v) is 15.1. The molecular formula is C41H55N15O3. The van der Waals surface area contributed by atoms with E-state index in [1.807, 2.05) is 40.1 Å². The average molecular weight is 806 g/mol. The predicted molar refractivity (Wildman–Crippen MR) is 226 cm³/mol. The zero-order valence-corrected chi connectivity index (χ0v) is 33.6. The van der Waals surface area contributed by atoms with E-state index in [0.29, 0.717) is 23.6 Å². The summed E-state index contributed by atoms with van der Waals surface area (Å²) in [5.74, 6) is 2.27. The third kappa shape index (κ3) is 11.3. The van der Waals surface area contributed by atoms with Gasteiger partial charge >= 0.3 is 5.63 Å². The maximum atomic E-state index is 11.7. The molecular weight excluding hydrogens is 751 g/mol. The van der Waals surface area contributed by atoms with Crippen LogP contribution in [0, 0.1) is 0 Å². The van der Waals surface area contributed by atoms with Gasteiger partial charge in [-0.15, -0.1) is 15.3 Å². The Morgan fingerprint density at radius 2 is 1.14 bits per heavy atom. The quantitative estimate of drug-likeness (QED) is 0.156. The number of aromatic nitrogens is 9. The summed E-state index contributed by atoms with van der Waals surface area (Å²) in [6.45, 7) is 12.2. The normalized spacial score (nSPS) is 17.2. The molecule has 0 spiro atoms. The summed E-state index contributed by atoms with van der Waals surface area (Å²) in [7, 11) is 0. The van der Waals surface area contributed by atoms with Crippen molar-refractivity contribution >= 4 is 22.6 Å². The summed E-state index contributed by atoms with van der Waals surface area (Å²) in [5, 5.41) is 42.5. The Hall–Kier alpha value is -5.69. The molecule has 59 heavy (non-hydrogen) atoms. The molecule has 0 saturated carbocycles. The topological polar surface area (TPSA) is 186 Å². The van der Waals surface area contributed by atoms with Crippen molar-refractivity contribution in [1.29, 1.82) is 0 Å². The fraction of sp³-hybridized carbons (Fsp3) is 0.488. The number of rotatable bonds is 9. The molecule has 0 bridgehead atoms. The van der Waals surface area contributed by atoms with Crippen LogP contribution in [0.1, 0.15) is 49.8 Å². The average Bonchev–Trinajstić information content (AvgIpc) is 4.03. The minimum Gasteiger partial charge on any atom is -0.487 e. The van der Waals surface area contributed by atoms with Crippen LogP contribution in [0.5, 0.6) is 5.75 Å². The van der Waals surface area contributed by atoms with E-state index in [1.165, 1.54) is 6.07 Å². The number of fused-ring (bicyclic) bond motifs is 1. The standard InChI is InChI=1S/C41H55N15O3/c57-41-10-8-33-7-9-37(26-38(33)59-41)58-31-34-28-54(49-46-34)27-32-23-35(55-29-39(47-50-55)52-19-3-15-42-11-1-12-43-16-4-20-52)25-36(24-32)56-30-40(48-51-56)53-21-5-17-44-13-2-14-45-18-6-22-53/h7-10,23-26,28-30,42-45H,1-6,11-22,27,31H2. The van der Waals surface area contributed by atoms with Gasteiger partial charge in [0.1, 0.15) is 23.6 Å². The second kappa shape index (κ2) is 20.3. The zero-order chi connectivity index (χ0) is 40.1. The van der Waals surface area contributed by atoms with E-state index >= 15 is 0 Å². The predicted octanol–water partition coefficient (Wildman–Crippen LogP) is 2.51. The Morgan fingerprint density at radius 1 is 0.593 bits per heavy atom. The molecule has 0 unspecified atom stereocenters. The highest BCUT2D eigenvalue weighted by molar-refractivity contribution is 5.77. The Kier molecular flexibility index (Phi) is 13.8. The molecule has 18 nitrogen and oxygen atoms in total. The van der Waals surface area contributed by atoms with E-state index in [2.05, 4.69) is 80.2 Å². The highest BCUT2D eigenvalue weighted by Gasteiger charge is 2.17. The van der Waals surface area contributed by atoms with Crippen molar-refractivity contribution in [2.75, 3.05) is 88.3 Å². The Balaban J connectivity index is 1.03. The number of hydrogen-bond acceptors (Lipinski definition) is 15. The summed E-state index contributed by atoms with van der Waals surface area (Å²) in [6, 6.07) is 14.8. The van der Waals surface area contributed by atoms with Crippen LogP contribution in [0.25, 0.3) is 22.3 Å². The van der Waals surface area contributed by atoms with Crippen molar-refractivity contribution < 1.29 is 9.15 Å². The van der Waals surface area contributed by atoms with Crippen LogP contribution in [0.3, 0.4) is 0 Å². The highest BCUT2D eigenvalue weighted by Crippen LogP contribution is 2.23. The van der Waals surface area contributed by atoms with Crippen LogP contribution in [-0.4, -0.2) is 124 Å². The number of benzene rings is 2. The Morgan fingerprint density at radius 3 is 1.71 bits per heavy atom. The maximum Gasteiger partial charge on any atom is 0.336 e. The fourth-order valence-corrected chi connectivity index (χ4v) is 7.46. The number of ether oxygens (including phenoxy) is 1. The molecule has 4 aromatic heterocycles. The van der Waals surface area contributed by atoms with Crippen molar-refractivity contribution in [3.8, 4) is 17.1 Å². The molecule has 18 heteroatoms. The minimum atomic E-state index is -0.405. The monoisotopic (exact) mass is 805 g/mol. The molecule has 6 heterocycles. The van der Waals surface area contributed by atoms with Gasteiger partial charge in [0.15, 0.2) is 11.6 Å². The molecule has 2 saturated heterocycles. The summed E-state index contributed by atoms with van der Waals surface area (Å²) >= 11 is 0. The summed E-state index contributed by atoms with van der Waals surface area (Å²) < 4.78 is 16.8. The van der Waals surface area contributed by atoms with Crippen LogP contribution in [0.4, 0.5) is 11.6 Å². The van der Waals surface area contributed by atoms with Crippen LogP contribution in [0.2, 0.25) is 0 Å². The van der Waals surface area contributed by atoms with Gasteiger partial charge in [0.2, 0.25) is 0 Å². The Labute approximate surface area is 343 Å². The van der Waals surface area contributed by atoms with E-state index in [1.54, 1.807) is 16.8 Å². The van der Waals surface area contributed by atoms with Gasteiger partial charge in [-0.1, -0.05) is 15.6 Å². The largest absolute Gasteiger partial charge is 0.487 e. The van der Waals surface area contributed by atoms with E-state index in [0.717, 1.165) is 151 Å². The molecule has 0 aliphatic carbocycles. The summed E-state index contributed by atoms with van der Waals surface area (Å²) in [5.41, 5.74) is 3.39. The van der Waals surface area contributed by atoms with Gasteiger partial charge in [-0.3, -0.25) is 0 Å². The second-order valence-electron chi connectivity index (χ2n) is 15.1. The number of nitrogens with one attached hydrogen (secondary N) is 4.